The molecule has 0 spiro atoms. The largest absolute Gasteiger partial charge is 0.508 e. The van der Waals surface area contributed by atoms with E-state index in [1.165, 1.54) is 12.1 Å². The van der Waals surface area contributed by atoms with E-state index in [4.69, 9.17) is 9.47 Å². The van der Waals surface area contributed by atoms with Gasteiger partial charge in [0.25, 0.3) is 5.91 Å². The van der Waals surface area contributed by atoms with Crippen molar-refractivity contribution in [2.75, 3.05) is 39.5 Å². The van der Waals surface area contributed by atoms with Gasteiger partial charge in [0.2, 0.25) is 0 Å². The van der Waals surface area contributed by atoms with Crippen LogP contribution in [0.3, 0.4) is 0 Å². The van der Waals surface area contributed by atoms with Crippen LogP contribution in [0.5, 0.6) is 5.75 Å². The molecule has 0 fully saturated rings. The lowest BCUT2D eigenvalue weighted by Crippen LogP contribution is -2.36. The molecule has 0 saturated carbocycles. The first kappa shape index (κ1) is 16.5. The van der Waals surface area contributed by atoms with E-state index in [-0.39, 0.29) is 11.7 Å². The van der Waals surface area contributed by atoms with E-state index in [2.05, 4.69) is 0 Å². The van der Waals surface area contributed by atoms with Gasteiger partial charge < -0.3 is 19.5 Å². The van der Waals surface area contributed by atoms with E-state index in [9.17, 15) is 9.90 Å². The van der Waals surface area contributed by atoms with Gasteiger partial charge in [-0.25, -0.2) is 0 Å². The number of ether oxygens (including phenoxy) is 2. The summed E-state index contributed by atoms with van der Waals surface area (Å²) in [6.07, 6.45) is 0. The lowest BCUT2D eigenvalue weighted by Gasteiger charge is -2.22. The minimum atomic E-state index is -0.0793. The van der Waals surface area contributed by atoms with Gasteiger partial charge in [-0.15, -0.1) is 0 Å². The molecule has 112 valence electrons. The zero-order valence-electron chi connectivity index (χ0n) is 12.2. The number of phenolic OH excluding ortho intramolecular Hbond substituents is 1. The molecule has 0 aliphatic rings. The maximum Gasteiger partial charge on any atom is 0.254 e. The fourth-order valence-corrected chi connectivity index (χ4v) is 1.74. The lowest BCUT2D eigenvalue weighted by atomic mass is 10.2. The highest BCUT2D eigenvalue weighted by Gasteiger charge is 2.15. The van der Waals surface area contributed by atoms with Gasteiger partial charge in [0.1, 0.15) is 5.75 Å². The van der Waals surface area contributed by atoms with Crippen LogP contribution in [0, 0.1) is 0 Å². The summed E-state index contributed by atoms with van der Waals surface area (Å²) in [4.78, 5) is 14.1. The van der Waals surface area contributed by atoms with Crippen LogP contribution in [0.15, 0.2) is 24.3 Å². The smallest absolute Gasteiger partial charge is 0.254 e. The molecule has 5 heteroatoms. The molecule has 0 radical (unpaired) electrons. The van der Waals surface area contributed by atoms with Gasteiger partial charge in [0, 0.05) is 31.9 Å². The summed E-state index contributed by atoms with van der Waals surface area (Å²) >= 11 is 0. The predicted octanol–water partition coefficient (Wildman–Crippen LogP) is 1.91. The van der Waals surface area contributed by atoms with Crippen molar-refractivity contribution in [1.82, 2.24) is 4.90 Å². The van der Waals surface area contributed by atoms with E-state index in [1.54, 1.807) is 17.0 Å². The normalized spacial score (nSPS) is 10.5. The molecule has 20 heavy (non-hydrogen) atoms. The first-order valence-electron chi connectivity index (χ1n) is 6.92. The Morgan fingerprint density at radius 3 is 2.00 bits per heavy atom. The highest BCUT2D eigenvalue weighted by Crippen LogP contribution is 2.11. The third kappa shape index (κ3) is 5.59. The quantitative estimate of drug-likeness (QED) is 0.702. The standard InChI is InChI=1S/C15H23NO4/c1-3-19-11-9-16(10-12-20-4-2)15(18)13-5-7-14(17)8-6-13/h5-8,17H,3-4,9-12H2,1-2H3. The number of amides is 1. The number of rotatable bonds is 9. The summed E-state index contributed by atoms with van der Waals surface area (Å²) in [6, 6.07) is 6.26. The lowest BCUT2D eigenvalue weighted by molar-refractivity contribution is 0.0550. The summed E-state index contributed by atoms with van der Waals surface area (Å²) in [5.41, 5.74) is 0.552. The van der Waals surface area contributed by atoms with Crippen LogP contribution in [0.1, 0.15) is 24.2 Å². The van der Waals surface area contributed by atoms with Gasteiger partial charge in [-0.3, -0.25) is 4.79 Å². The number of hydrogen-bond acceptors (Lipinski definition) is 4. The Bertz CT molecular complexity index is 381. The zero-order chi connectivity index (χ0) is 14.8. The monoisotopic (exact) mass is 281 g/mol. The van der Waals surface area contributed by atoms with Crippen LogP contribution >= 0.6 is 0 Å². The number of nitrogens with zero attached hydrogens (tertiary/aromatic N) is 1. The molecular weight excluding hydrogens is 258 g/mol. The number of aromatic hydroxyl groups is 1. The minimum Gasteiger partial charge on any atom is -0.508 e. The van der Waals surface area contributed by atoms with Crippen LogP contribution < -0.4 is 0 Å². The summed E-state index contributed by atoms with van der Waals surface area (Å²) in [7, 11) is 0. The molecular formula is C15H23NO4. The third-order valence-corrected chi connectivity index (χ3v) is 2.82. The molecule has 0 saturated heterocycles. The second kappa shape index (κ2) is 9.34. The van der Waals surface area contributed by atoms with Gasteiger partial charge in [-0.1, -0.05) is 0 Å². The number of hydrogen-bond donors (Lipinski definition) is 1. The van der Waals surface area contributed by atoms with E-state index in [0.29, 0.717) is 45.1 Å². The maximum atomic E-state index is 12.4. The molecule has 1 rings (SSSR count). The zero-order valence-corrected chi connectivity index (χ0v) is 12.2. The Labute approximate surface area is 120 Å². The minimum absolute atomic E-state index is 0.0793. The Balaban J connectivity index is 2.63. The first-order chi connectivity index (χ1) is 9.69. The summed E-state index contributed by atoms with van der Waals surface area (Å²) < 4.78 is 10.6. The van der Waals surface area contributed by atoms with Gasteiger partial charge in [0.05, 0.1) is 13.2 Å². The van der Waals surface area contributed by atoms with E-state index in [1.807, 2.05) is 13.8 Å². The van der Waals surface area contributed by atoms with E-state index in [0.717, 1.165) is 0 Å². The molecule has 0 atom stereocenters. The average Bonchev–Trinajstić information content (AvgIpc) is 2.46. The van der Waals surface area contributed by atoms with Crippen LogP contribution in [-0.4, -0.2) is 55.4 Å². The molecule has 1 aromatic rings. The summed E-state index contributed by atoms with van der Waals surface area (Å²) in [5.74, 6) is 0.0705. The Kier molecular flexibility index (Phi) is 7.69. The fraction of sp³-hybridized carbons (Fsp3) is 0.533. The Morgan fingerprint density at radius 1 is 1.05 bits per heavy atom. The molecule has 0 unspecified atom stereocenters. The molecule has 1 aromatic carbocycles. The van der Waals surface area contributed by atoms with Gasteiger partial charge in [-0.05, 0) is 38.1 Å². The van der Waals surface area contributed by atoms with Crippen LogP contribution in [0.25, 0.3) is 0 Å². The van der Waals surface area contributed by atoms with Gasteiger partial charge in [0.15, 0.2) is 0 Å². The highest BCUT2D eigenvalue weighted by atomic mass is 16.5. The molecule has 1 N–H and O–H groups in total. The van der Waals surface area contributed by atoms with Gasteiger partial charge in [-0.2, -0.15) is 0 Å². The fourth-order valence-electron chi connectivity index (χ4n) is 1.74. The number of benzene rings is 1. The number of phenols is 1. The van der Waals surface area contributed by atoms with E-state index < -0.39 is 0 Å². The van der Waals surface area contributed by atoms with E-state index >= 15 is 0 Å². The Morgan fingerprint density at radius 2 is 1.55 bits per heavy atom. The van der Waals surface area contributed by atoms with Crippen molar-refractivity contribution in [2.24, 2.45) is 0 Å². The highest BCUT2D eigenvalue weighted by molar-refractivity contribution is 5.94. The molecule has 5 nitrogen and oxygen atoms in total. The molecule has 0 aliphatic heterocycles. The molecule has 0 heterocycles. The van der Waals surface area contributed by atoms with Crippen LogP contribution in [0.4, 0.5) is 0 Å². The second-order valence-corrected chi connectivity index (χ2v) is 4.23. The second-order valence-electron chi connectivity index (χ2n) is 4.23. The molecule has 1 amide bonds. The molecule has 0 aliphatic carbocycles. The van der Waals surface area contributed by atoms with Crippen molar-refractivity contribution in [3.63, 3.8) is 0 Å². The number of carbonyl (C=O) groups excluding carboxylic acids is 1. The molecule has 0 bridgehead atoms. The van der Waals surface area contributed by atoms with Crippen molar-refractivity contribution in [3.05, 3.63) is 29.8 Å². The number of carbonyl (C=O) groups is 1. The van der Waals surface area contributed by atoms with Crippen molar-refractivity contribution in [1.29, 1.82) is 0 Å². The maximum absolute atomic E-state index is 12.4. The third-order valence-electron chi connectivity index (χ3n) is 2.82. The topological polar surface area (TPSA) is 59.0 Å². The SMILES string of the molecule is CCOCCN(CCOCC)C(=O)c1ccc(O)cc1. The Hall–Kier alpha value is -1.59. The van der Waals surface area contributed by atoms with Crippen molar-refractivity contribution >= 4 is 5.91 Å². The summed E-state index contributed by atoms with van der Waals surface area (Å²) in [5, 5.41) is 9.26. The van der Waals surface area contributed by atoms with Gasteiger partial charge >= 0.3 is 0 Å². The van der Waals surface area contributed by atoms with Crippen LogP contribution in [0.2, 0.25) is 0 Å². The van der Waals surface area contributed by atoms with Crippen molar-refractivity contribution < 1.29 is 19.4 Å². The molecule has 0 aromatic heterocycles. The summed E-state index contributed by atoms with van der Waals surface area (Å²) in [6.45, 7) is 7.18. The van der Waals surface area contributed by atoms with Crippen molar-refractivity contribution in [2.45, 2.75) is 13.8 Å². The first-order valence-corrected chi connectivity index (χ1v) is 6.92. The van der Waals surface area contributed by atoms with Crippen molar-refractivity contribution in [3.8, 4) is 5.75 Å². The average molecular weight is 281 g/mol. The predicted molar refractivity (Wildman–Crippen MR) is 77.0 cm³/mol. The van der Waals surface area contributed by atoms with Crippen LogP contribution in [-0.2, 0) is 9.47 Å².